The summed E-state index contributed by atoms with van der Waals surface area (Å²) in [6, 6.07) is 3.28. The number of nitrogens with zero attached hydrogens (tertiary/aromatic N) is 1. The van der Waals surface area contributed by atoms with Gasteiger partial charge in [0, 0.05) is 18.3 Å². The van der Waals surface area contributed by atoms with E-state index in [1.807, 2.05) is 0 Å². The minimum atomic E-state index is -0.100. The lowest BCUT2D eigenvalue weighted by Crippen LogP contribution is -2.29. The van der Waals surface area contributed by atoms with E-state index in [4.69, 9.17) is 5.84 Å². The minimum absolute atomic E-state index is 0.100. The molecule has 1 atom stereocenters. The molecule has 0 aliphatic carbocycles. The largest absolute Gasteiger partial charge is 0.352 e. The number of hydrogen-bond donors (Lipinski definition) is 3. The van der Waals surface area contributed by atoms with Crippen LogP contribution >= 0.6 is 11.8 Å². The van der Waals surface area contributed by atoms with Crippen molar-refractivity contribution in [1.29, 1.82) is 0 Å². The summed E-state index contributed by atoms with van der Waals surface area (Å²) in [5.41, 5.74) is 2.97. The SMILES string of the molecule is CSCC(C)CNC(=O)c1ccnc(NN)c1. The standard InChI is InChI=1S/C11H18N4OS/c1-8(7-17-2)6-14-11(16)9-3-4-13-10(5-9)15-12/h3-5,8H,6-7,12H2,1-2H3,(H,13,15)(H,14,16). The highest BCUT2D eigenvalue weighted by atomic mass is 32.2. The Morgan fingerprint density at radius 3 is 3.06 bits per heavy atom. The number of amides is 1. The van der Waals surface area contributed by atoms with Crippen molar-refractivity contribution in [2.75, 3.05) is 24.0 Å². The Morgan fingerprint density at radius 2 is 2.41 bits per heavy atom. The summed E-state index contributed by atoms with van der Waals surface area (Å²) in [6.45, 7) is 2.78. The summed E-state index contributed by atoms with van der Waals surface area (Å²) in [6.07, 6.45) is 3.61. The third-order valence-electron chi connectivity index (χ3n) is 2.23. The van der Waals surface area contributed by atoms with Crippen LogP contribution in [0.1, 0.15) is 17.3 Å². The van der Waals surface area contributed by atoms with Crippen molar-refractivity contribution in [2.24, 2.45) is 11.8 Å². The zero-order chi connectivity index (χ0) is 12.7. The van der Waals surface area contributed by atoms with Crippen LogP contribution < -0.4 is 16.6 Å². The van der Waals surface area contributed by atoms with E-state index in [0.717, 1.165) is 5.75 Å². The summed E-state index contributed by atoms with van der Waals surface area (Å²) in [5.74, 6) is 7.11. The quantitative estimate of drug-likeness (QED) is 0.523. The molecule has 1 aromatic heterocycles. The molecule has 0 fully saturated rings. The van der Waals surface area contributed by atoms with Gasteiger partial charge in [-0.25, -0.2) is 10.8 Å². The van der Waals surface area contributed by atoms with Gasteiger partial charge < -0.3 is 10.7 Å². The number of carbonyl (C=O) groups is 1. The van der Waals surface area contributed by atoms with Gasteiger partial charge in [0.1, 0.15) is 5.82 Å². The van der Waals surface area contributed by atoms with E-state index in [1.54, 1.807) is 30.1 Å². The number of aromatic nitrogens is 1. The van der Waals surface area contributed by atoms with E-state index in [9.17, 15) is 4.79 Å². The molecule has 1 rings (SSSR count). The fourth-order valence-electron chi connectivity index (χ4n) is 1.36. The summed E-state index contributed by atoms with van der Waals surface area (Å²) >= 11 is 1.78. The lowest BCUT2D eigenvalue weighted by molar-refractivity contribution is 0.0949. The van der Waals surface area contributed by atoms with E-state index in [2.05, 4.69) is 28.9 Å². The molecule has 5 nitrogen and oxygen atoms in total. The molecule has 17 heavy (non-hydrogen) atoms. The Balaban J connectivity index is 2.51. The predicted molar refractivity (Wildman–Crippen MR) is 71.9 cm³/mol. The topological polar surface area (TPSA) is 80.0 Å². The third-order valence-corrected chi connectivity index (χ3v) is 3.13. The zero-order valence-corrected chi connectivity index (χ0v) is 10.9. The predicted octanol–water partition coefficient (Wildman–Crippen LogP) is 1.10. The minimum Gasteiger partial charge on any atom is -0.352 e. The average Bonchev–Trinajstić information content (AvgIpc) is 2.36. The van der Waals surface area contributed by atoms with Crippen LogP contribution in [0.3, 0.4) is 0 Å². The van der Waals surface area contributed by atoms with Crippen molar-refractivity contribution >= 4 is 23.5 Å². The number of nitrogens with two attached hydrogens (primary N) is 1. The zero-order valence-electron chi connectivity index (χ0n) is 10.1. The molecule has 6 heteroatoms. The summed E-state index contributed by atoms with van der Waals surface area (Å²) in [7, 11) is 0. The van der Waals surface area contributed by atoms with E-state index in [0.29, 0.717) is 23.8 Å². The van der Waals surface area contributed by atoms with Crippen LogP contribution in [0.4, 0.5) is 5.82 Å². The maximum absolute atomic E-state index is 11.8. The van der Waals surface area contributed by atoms with Gasteiger partial charge in [-0.1, -0.05) is 6.92 Å². The number of hydrazine groups is 1. The van der Waals surface area contributed by atoms with Gasteiger partial charge in [0.05, 0.1) is 0 Å². The van der Waals surface area contributed by atoms with E-state index >= 15 is 0 Å². The number of rotatable bonds is 6. The highest BCUT2D eigenvalue weighted by molar-refractivity contribution is 7.98. The van der Waals surface area contributed by atoms with Crippen LogP contribution in [0.15, 0.2) is 18.3 Å². The number of anilines is 1. The Kier molecular flexibility index (Phi) is 5.79. The van der Waals surface area contributed by atoms with Gasteiger partial charge in [0.15, 0.2) is 0 Å². The van der Waals surface area contributed by atoms with Gasteiger partial charge >= 0.3 is 0 Å². The molecule has 0 aliphatic rings. The second-order valence-corrected chi connectivity index (χ2v) is 4.76. The molecule has 94 valence electrons. The first kappa shape index (κ1) is 13.8. The lowest BCUT2D eigenvalue weighted by atomic mass is 10.2. The second-order valence-electron chi connectivity index (χ2n) is 3.84. The molecule has 0 bridgehead atoms. The molecule has 1 unspecified atom stereocenters. The molecule has 0 aromatic carbocycles. The first-order chi connectivity index (χ1) is 8.17. The van der Waals surface area contributed by atoms with Gasteiger partial charge in [-0.15, -0.1) is 0 Å². The molecular formula is C11H18N4OS. The van der Waals surface area contributed by atoms with Crippen molar-refractivity contribution < 1.29 is 4.79 Å². The van der Waals surface area contributed by atoms with Crippen LogP contribution in [0.25, 0.3) is 0 Å². The molecule has 0 saturated carbocycles. The Labute approximate surface area is 106 Å². The van der Waals surface area contributed by atoms with Crippen LogP contribution in [-0.4, -0.2) is 29.4 Å². The van der Waals surface area contributed by atoms with Gasteiger partial charge in [0.25, 0.3) is 5.91 Å². The number of carbonyl (C=O) groups excluding carboxylic acids is 1. The van der Waals surface area contributed by atoms with Gasteiger partial charge in [0.2, 0.25) is 0 Å². The van der Waals surface area contributed by atoms with Crippen molar-refractivity contribution in [2.45, 2.75) is 6.92 Å². The normalized spacial score (nSPS) is 11.9. The molecule has 4 N–H and O–H groups in total. The van der Waals surface area contributed by atoms with Crippen LogP contribution in [0, 0.1) is 5.92 Å². The fourth-order valence-corrected chi connectivity index (χ4v) is 2.05. The van der Waals surface area contributed by atoms with Crippen LogP contribution in [0.5, 0.6) is 0 Å². The fraction of sp³-hybridized carbons (Fsp3) is 0.455. The second kappa shape index (κ2) is 7.13. The molecule has 1 amide bonds. The Hall–Kier alpha value is -1.27. The molecular weight excluding hydrogens is 236 g/mol. The van der Waals surface area contributed by atoms with Crippen molar-refractivity contribution in [1.82, 2.24) is 10.3 Å². The average molecular weight is 254 g/mol. The van der Waals surface area contributed by atoms with Gasteiger partial charge in [-0.3, -0.25) is 4.79 Å². The summed E-state index contributed by atoms with van der Waals surface area (Å²) in [5, 5.41) is 2.89. The highest BCUT2D eigenvalue weighted by Crippen LogP contribution is 2.06. The van der Waals surface area contributed by atoms with Crippen LogP contribution in [-0.2, 0) is 0 Å². The molecule has 0 spiro atoms. The number of pyridine rings is 1. The van der Waals surface area contributed by atoms with Crippen molar-refractivity contribution in [3.8, 4) is 0 Å². The number of nitrogen functional groups attached to an aromatic ring is 1. The van der Waals surface area contributed by atoms with E-state index < -0.39 is 0 Å². The first-order valence-corrected chi connectivity index (χ1v) is 6.76. The van der Waals surface area contributed by atoms with E-state index in [1.165, 1.54) is 0 Å². The maximum atomic E-state index is 11.8. The highest BCUT2D eigenvalue weighted by Gasteiger charge is 2.08. The number of nitrogens with one attached hydrogen (secondary N) is 2. The monoisotopic (exact) mass is 254 g/mol. The molecule has 1 aromatic rings. The van der Waals surface area contributed by atoms with Gasteiger partial charge in [-0.2, -0.15) is 11.8 Å². The van der Waals surface area contributed by atoms with Crippen LogP contribution in [0.2, 0.25) is 0 Å². The van der Waals surface area contributed by atoms with Crippen molar-refractivity contribution in [3.05, 3.63) is 23.9 Å². The van der Waals surface area contributed by atoms with Gasteiger partial charge in [-0.05, 0) is 30.1 Å². The molecule has 0 saturated heterocycles. The smallest absolute Gasteiger partial charge is 0.251 e. The summed E-state index contributed by atoms with van der Waals surface area (Å²) in [4.78, 5) is 15.8. The molecule has 1 heterocycles. The first-order valence-electron chi connectivity index (χ1n) is 5.37. The molecule has 0 aliphatic heterocycles. The molecule has 0 radical (unpaired) electrons. The van der Waals surface area contributed by atoms with Crippen molar-refractivity contribution in [3.63, 3.8) is 0 Å². The Morgan fingerprint density at radius 1 is 1.65 bits per heavy atom. The number of hydrogen-bond acceptors (Lipinski definition) is 5. The third kappa shape index (κ3) is 4.62. The number of thioether (sulfide) groups is 1. The lowest BCUT2D eigenvalue weighted by Gasteiger charge is -2.11. The van der Waals surface area contributed by atoms with E-state index in [-0.39, 0.29) is 5.91 Å². The summed E-state index contributed by atoms with van der Waals surface area (Å²) < 4.78 is 0. The Bertz CT molecular complexity index is 372. The maximum Gasteiger partial charge on any atom is 0.251 e.